The first-order valence-corrected chi connectivity index (χ1v) is 7.50. The highest BCUT2D eigenvalue weighted by molar-refractivity contribution is 7.09. The lowest BCUT2D eigenvalue weighted by atomic mass is 10.3. The smallest absolute Gasteiger partial charge is 0.246 e. The van der Waals surface area contributed by atoms with Gasteiger partial charge in [0, 0.05) is 18.3 Å². The lowest BCUT2D eigenvalue weighted by Crippen LogP contribution is -2.31. The summed E-state index contributed by atoms with van der Waals surface area (Å²) in [7, 11) is 0. The fourth-order valence-corrected chi connectivity index (χ4v) is 2.41. The number of carbonyl (C=O) groups excluding carboxylic acids is 1. The lowest BCUT2D eigenvalue weighted by molar-refractivity contribution is -0.131. The first-order chi connectivity index (χ1) is 9.62. The van der Waals surface area contributed by atoms with Gasteiger partial charge in [0.25, 0.3) is 0 Å². The second kappa shape index (κ2) is 6.60. The van der Waals surface area contributed by atoms with Crippen LogP contribution in [0.3, 0.4) is 0 Å². The Balaban J connectivity index is 1.98. The molecule has 6 nitrogen and oxygen atoms in total. The molecule has 0 bridgehead atoms. The Hall–Kier alpha value is -1.76. The van der Waals surface area contributed by atoms with Crippen LogP contribution in [0, 0.1) is 6.92 Å². The van der Waals surface area contributed by atoms with E-state index in [1.165, 1.54) is 0 Å². The van der Waals surface area contributed by atoms with Crippen LogP contribution in [-0.2, 0) is 24.2 Å². The van der Waals surface area contributed by atoms with Crippen LogP contribution in [0.5, 0.6) is 0 Å². The van der Waals surface area contributed by atoms with Gasteiger partial charge in [-0.15, -0.1) is 11.3 Å². The summed E-state index contributed by atoms with van der Waals surface area (Å²) in [5.41, 5.74) is 0.815. The van der Waals surface area contributed by atoms with Gasteiger partial charge in [-0.3, -0.25) is 4.79 Å². The van der Waals surface area contributed by atoms with Crippen molar-refractivity contribution in [2.24, 2.45) is 0 Å². The third-order valence-electron chi connectivity index (χ3n) is 2.89. The SMILES string of the molecule is CCc1noc(CN(CC)C(=O)Cc2csc(C)n2)n1. The zero-order chi connectivity index (χ0) is 14.5. The molecule has 2 rings (SSSR count). The standard InChI is InChI=1S/C13H18N4O2S/c1-4-11-15-12(19-16-11)7-17(5-2)13(18)6-10-8-20-9(3)14-10/h8H,4-7H2,1-3H3. The molecule has 7 heteroatoms. The van der Waals surface area contributed by atoms with Crippen molar-refractivity contribution in [3.63, 3.8) is 0 Å². The highest BCUT2D eigenvalue weighted by atomic mass is 32.1. The quantitative estimate of drug-likeness (QED) is 0.814. The Kier molecular flexibility index (Phi) is 4.84. The molecule has 2 aromatic rings. The molecule has 0 spiro atoms. The predicted octanol–water partition coefficient (Wildman–Crippen LogP) is 1.99. The molecule has 0 aliphatic heterocycles. The molecule has 0 saturated carbocycles. The van der Waals surface area contributed by atoms with E-state index in [0.717, 1.165) is 17.1 Å². The summed E-state index contributed by atoms with van der Waals surface area (Å²) in [6.45, 7) is 6.78. The molecule has 1 amide bonds. The van der Waals surface area contributed by atoms with Crippen molar-refractivity contribution < 1.29 is 9.32 Å². The maximum atomic E-state index is 12.2. The van der Waals surface area contributed by atoms with Crippen LogP contribution in [0.4, 0.5) is 0 Å². The largest absolute Gasteiger partial charge is 0.337 e. The molecule has 108 valence electrons. The van der Waals surface area contributed by atoms with Crippen molar-refractivity contribution in [3.8, 4) is 0 Å². The molecule has 2 aromatic heterocycles. The van der Waals surface area contributed by atoms with Crippen molar-refractivity contribution in [1.82, 2.24) is 20.0 Å². The van der Waals surface area contributed by atoms with Gasteiger partial charge < -0.3 is 9.42 Å². The molecule has 0 aromatic carbocycles. The number of amides is 1. The maximum absolute atomic E-state index is 12.2. The van der Waals surface area contributed by atoms with Gasteiger partial charge in [0.15, 0.2) is 5.82 Å². The van der Waals surface area contributed by atoms with Gasteiger partial charge >= 0.3 is 0 Å². The third kappa shape index (κ3) is 3.63. The third-order valence-corrected chi connectivity index (χ3v) is 3.71. The van der Waals surface area contributed by atoms with Gasteiger partial charge in [-0.05, 0) is 13.8 Å². The van der Waals surface area contributed by atoms with E-state index in [4.69, 9.17) is 4.52 Å². The van der Waals surface area contributed by atoms with Crippen molar-refractivity contribution >= 4 is 17.2 Å². The minimum Gasteiger partial charge on any atom is -0.337 e. The number of nitrogens with zero attached hydrogens (tertiary/aromatic N) is 4. The van der Waals surface area contributed by atoms with Gasteiger partial charge in [0.2, 0.25) is 11.8 Å². The van der Waals surface area contributed by atoms with E-state index in [0.29, 0.717) is 31.2 Å². The number of aromatic nitrogens is 3. The van der Waals surface area contributed by atoms with Gasteiger partial charge in [-0.25, -0.2) is 4.98 Å². The van der Waals surface area contributed by atoms with E-state index in [9.17, 15) is 4.79 Å². The number of hydrogen-bond acceptors (Lipinski definition) is 6. The normalized spacial score (nSPS) is 10.8. The molecule has 0 aliphatic rings. The first kappa shape index (κ1) is 14.6. The van der Waals surface area contributed by atoms with Gasteiger partial charge in [0.05, 0.1) is 23.7 Å². The monoisotopic (exact) mass is 294 g/mol. The van der Waals surface area contributed by atoms with Gasteiger partial charge in [-0.2, -0.15) is 4.98 Å². The number of thiazole rings is 1. The molecule has 0 saturated heterocycles. The second-order valence-electron chi connectivity index (χ2n) is 4.40. The Bertz CT molecular complexity index is 578. The molecule has 0 N–H and O–H groups in total. The average Bonchev–Trinajstić information content (AvgIpc) is 3.04. The minimum absolute atomic E-state index is 0.0223. The number of likely N-dealkylation sites (N-methyl/N-ethyl adjacent to an activating group) is 1. The molecule has 20 heavy (non-hydrogen) atoms. The highest BCUT2D eigenvalue weighted by Gasteiger charge is 2.17. The van der Waals surface area contributed by atoms with Crippen molar-refractivity contribution in [2.75, 3.05) is 6.54 Å². The Morgan fingerprint density at radius 3 is 2.75 bits per heavy atom. The van der Waals surface area contributed by atoms with Crippen molar-refractivity contribution in [2.45, 2.75) is 40.2 Å². The van der Waals surface area contributed by atoms with Crippen LogP contribution in [0.25, 0.3) is 0 Å². The zero-order valence-electron chi connectivity index (χ0n) is 11.9. The van der Waals surface area contributed by atoms with Crippen LogP contribution in [0.1, 0.15) is 36.3 Å². The Labute approximate surface area is 121 Å². The fraction of sp³-hybridized carbons (Fsp3) is 0.538. The molecule has 0 radical (unpaired) electrons. The molecular formula is C13H18N4O2S. The molecule has 0 fully saturated rings. The topological polar surface area (TPSA) is 72.1 Å². The summed E-state index contributed by atoms with van der Waals surface area (Å²) in [6, 6.07) is 0. The summed E-state index contributed by atoms with van der Waals surface area (Å²) in [5, 5.41) is 6.73. The van der Waals surface area contributed by atoms with Crippen molar-refractivity contribution in [3.05, 3.63) is 27.8 Å². The maximum Gasteiger partial charge on any atom is 0.246 e. The van der Waals surface area contributed by atoms with Gasteiger partial charge in [-0.1, -0.05) is 12.1 Å². The summed E-state index contributed by atoms with van der Waals surface area (Å²) in [5.74, 6) is 1.17. The molecule has 0 aliphatic carbocycles. The van der Waals surface area contributed by atoms with E-state index in [1.54, 1.807) is 16.2 Å². The average molecular weight is 294 g/mol. The van der Waals surface area contributed by atoms with E-state index < -0.39 is 0 Å². The Morgan fingerprint density at radius 1 is 1.40 bits per heavy atom. The first-order valence-electron chi connectivity index (χ1n) is 6.62. The lowest BCUT2D eigenvalue weighted by Gasteiger charge is -2.18. The number of rotatable bonds is 6. The summed E-state index contributed by atoms with van der Waals surface area (Å²) in [4.78, 5) is 22.5. The molecule has 0 unspecified atom stereocenters. The fourth-order valence-electron chi connectivity index (χ4n) is 1.79. The molecule has 2 heterocycles. The highest BCUT2D eigenvalue weighted by Crippen LogP contribution is 2.11. The van der Waals surface area contributed by atoms with E-state index >= 15 is 0 Å². The van der Waals surface area contributed by atoms with Crippen molar-refractivity contribution in [1.29, 1.82) is 0 Å². The zero-order valence-corrected chi connectivity index (χ0v) is 12.7. The van der Waals surface area contributed by atoms with Gasteiger partial charge in [0.1, 0.15) is 0 Å². The summed E-state index contributed by atoms with van der Waals surface area (Å²) in [6.07, 6.45) is 1.04. The molecular weight excluding hydrogens is 276 g/mol. The number of carbonyl (C=O) groups is 1. The number of hydrogen-bond donors (Lipinski definition) is 0. The van der Waals surface area contributed by atoms with Crippen LogP contribution >= 0.6 is 11.3 Å². The summed E-state index contributed by atoms with van der Waals surface area (Å²) >= 11 is 1.55. The minimum atomic E-state index is 0.0223. The van der Waals surface area contributed by atoms with E-state index in [2.05, 4.69) is 15.1 Å². The predicted molar refractivity (Wildman–Crippen MR) is 75.3 cm³/mol. The Morgan fingerprint density at radius 2 is 2.20 bits per heavy atom. The van der Waals surface area contributed by atoms with E-state index in [-0.39, 0.29) is 5.91 Å². The van der Waals surface area contributed by atoms with Crippen LogP contribution < -0.4 is 0 Å². The van der Waals surface area contributed by atoms with Crippen LogP contribution in [-0.4, -0.2) is 32.5 Å². The second-order valence-corrected chi connectivity index (χ2v) is 5.46. The van der Waals surface area contributed by atoms with Crippen LogP contribution in [0.2, 0.25) is 0 Å². The number of aryl methyl sites for hydroxylation is 2. The summed E-state index contributed by atoms with van der Waals surface area (Å²) < 4.78 is 5.12. The van der Waals surface area contributed by atoms with Crippen LogP contribution in [0.15, 0.2) is 9.90 Å². The van der Waals surface area contributed by atoms with E-state index in [1.807, 2.05) is 26.2 Å². The molecule has 0 atom stereocenters.